The Morgan fingerprint density at radius 3 is 2.82 bits per heavy atom. The molecule has 0 bridgehead atoms. The van der Waals surface area contributed by atoms with Crippen molar-refractivity contribution in [2.45, 2.75) is 19.6 Å². The highest BCUT2D eigenvalue weighted by Crippen LogP contribution is 2.30. The van der Waals surface area contributed by atoms with Crippen LogP contribution in [-0.4, -0.2) is 19.9 Å². The van der Waals surface area contributed by atoms with Crippen molar-refractivity contribution in [3.8, 4) is 0 Å². The second-order valence-electron chi connectivity index (χ2n) is 3.47. The summed E-state index contributed by atoms with van der Waals surface area (Å²) in [6.45, 7) is 2.53. The summed E-state index contributed by atoms with van der Waals surface area (Å²) in [6.07, 6.45) is 2.10. The first-order valence-electron chi connectivity index (χ1n) is 5.14. The van der Waals surface area contributed by atoms with Gasteiger partial charge in [-0.1, -0.05) is 23.2 Å². The number of hydrogen-bond donors (Lipinski definition) is 1. The minimum Gasteiger partial charge on any atom is -0.380 e. The van der Waals surface area contributed by atoms with Crippen molar-refractivity contribution in [2.75, 3.05) is 0 Å². The van der Waals surface area contributed by atoms with Crippen molar-refractivity contribution in [3.63, 3.8) is 0 Å². The number of rotatable bonds is 3. The number of pyridine rings is 1. The zero-order chi connectivity index (χ0) is 12.4. The van der Waals surface area contributed by atoms with Crippen molar-refractivity contribution >= 4 is 23.2 Å². The standard InChI is InChI=1S/C11H11Cl2N3O/c1-2-16-10(8(13)6-15-16)11(17)9-7(12)4-3-5-14-9/h3-6,11,17H,2H2,1H3. The molecule has 90 valence electrons. The van der Waals surface area contributed by atoms with Gasteiger partial charge in [0.05, 0.1) is 27.6 Å². The first-order chi connectivity index (χ1) is 8.15. The van der Waals surface area contributed by atoms with Crippen molar-refractivity contribution in [2.24, 2.45) is 0 Å². The molecule has 0 radical (unpaired) electrons. The first kappa shape index (κ1) is 12.4. The summed E-state index contributed by atoms with van der Waals surface area (Å²) in [6, 6.07) is 3.38. The molecule has 0 aliphatic carbocycles. The molecule has 2 heterocycles. The van der Waals surface area contributed by atoms with Gasteiger partial charge in [-0.25, -0.2) is 0 Å². The van der Waals surface area contributed by atoms with Crippen LogP contribution in [0.5, 0.6) is 0 Å². The summed E-state index contributed by atoms with van der Waals surface area (Å²) < 4.78 is 1.62. The van der Waals surface area contributed by atoms with E-state index in [1.807, 2.05) is 6.92 Å². The molecule has 17 heavy (non-hydrogen) atoms. The van der Waals surface area contributed by atoms with E-state index in [4.69, 9.17) is 23.2 Å². The fourth-order valence-corrected chi connectivity index (χ4v) is 2.09. The number of aromatic nitrogens is 3. The van der Waals surface area contributed by atoms with Crippen LogP contribution in [0.2, 0.25) is 10.0 Å². The number of aliphatic hydroxyl groups is 1. The summed E-state index contributed by atoms with van der Waals surface area (Å²) in [5, 5.41) is 15.1. The van der Waals surface area contributed by atoms with Crippen molar-refractivity contribution < 1.29 is 5.11 Å². The summed E-state index contributed by atoms with van der Waals surface area (Å²) in [5.74, 6) is 0. The molecule has 0 aliphatic heterocycles. The summed E-state index contributed by atoms with van der Waals surface area (Å²) >= 11 is 12.0. The van der Waals surface area contributed by atoms with Crippen molar-refractivity contribution in [3.05, 3.63) is 46.0 Å². The minimum atomic E-state index is -0.973. The second-order valence-corrected chi connectivity index (χ2v) is 4.28. The van der Waals surface area contributed by atoms with Crippen LogP contribution in [0.3, 0.4) is 0 Å². The Hall–Kier alpha value is -1.10. The lowest BCUT2D eigenvalue weighted by Crippen LogP contribution is -2.11. The Kier molecular flexibility index (Phi) is 3.66. The highest BCUT2D eigenvalue weighted by atomic mass is 35.5. The van der Waals surface area contributed by atoms with Crippen LogP contribution >= 0.6 is 23.2 Å². The van der Waals surface area contributed by atoms with Crippen molar-refractivity contribution in [1.29, 1.82) is 0 Å². The molecule has 0 saturated heterocycles. The molecule has 0 amide bonds. The molecule has 4 nitrogen and oxygen atoms in total. The van der Waals surface area contributed by atoms with Gasteiger partial charge >= 0.3 is 0 Å². The lowest BCUT2D eigenvalue weighted by atomic mass is 10.1. The molecular formula is C11H11Cl2N3O. The third-order valence-electron chi connectivity index (χ3n) is 2.44. The minimum absolute atomic E-state index is 0.381. The maximum Gasteiger partial charge on any atom is 0.140 e. The summed E-state index contributed by atoms with van der Waals surface area (Å²) in [7, 11) is 0. The van der Waals surface area contributed by atoms with Crippen LogP contribution in [-0.2, 0) is 6.54 Å². The Morgan fingerprint density at radius 1 is 1.41 bits per heavy atom. The molecular weight excluding hydrogens is 261 g/mol. The maximum absolute atomic E-state index is 10.3. The molecule has 0 fully saturated rings. The smallest absolute Gasteiger partial charge is 0.140 e. The van der Waals surface area contributed by atoms with Crippen LogP contribution in [0.1, 0.15) is 24.4 Å². The largest absolute Gasteiger partial charge is 0.380 e. The average molecular weight is 272 g/mol. The van der Waals surface area contributed by atoms with Crippen LogP contribution in [0, 0.1) is 0 Å². The zero-order valence-corrected chi connectivity index (χ0v) is 10.7. The van der Waals surface area contributed by atoms with E-state index in [0.29, 0.717) is 28.0 Å². The van der Waals surface area contributed by atoms with Gasteiger partial charge in [0.1, 0.15) is 6.10 Å². The predicted molar refractivity (Wildman–Crippen MR) is 66.2 cm³/mol. The topological polar surface area (TPSA) is 50.9 Å². The number of hydrogen-bond acceptors (Lipinski definition) is 3. The molecule has 2 rings (SSSR count). The van der Waals surface area contributed by atoms with E-state index < -0.39 is 6.10 Å². The third-order valence-corrected chi connectivity index (χ3v) is 3.05. The van der Waals surface area contributed by atoms with Gasteiger partial charge in [0, 0.05) is 12.7 Å². The van der Waals surface area contributed by atoms with Crippen LogP contribution < -0.4 is 0 Å². The number of nitrogens with zero attached hydrogens (tertiary/aromatic N) is 3. The lowest BCUT2D eigenvalue weighted by Gasteiger charge is -2.13. The van der Waals surface area contributed by atoms with E-state index in [1.54, 1.807) is 23.0 Å². The van der Waals surface area contributed by atoms with E-state index in [2.05, 4.69) is 10.1 Å². The van der Waals surface area contributed by atoms with E-state index in [9.17, 15) is 5.11 Å². The monoisotopic (exact) mass is 271 g/mol. The average Bonchev–Trinajstić information content (AvgIpc) is 2.70. The quantitative estimate of drug-likeness (QED) is 0.934. The molecule has 2 aromatic heterocycles. The van der Waals surface area contributed by atoms with E-state index in [-0.39, 0.29) is 0 Å². The van der Waals surface area contributed by atoms with Gasteiger partial charge < -0.3 is 5.11 Å². The number of halogens is 2. The van der Waals surface area contributed by atoms with E-state index in [0.717, 1.165) is 0 Å². The van der Waals surface area contributed by atoms with Gasteiger partial charge in [-0.05, 0) is 19.1 Å². The SMILES string of the molecule is CCn1ncc(Cl)c1C(O)c1ncccc1Cl. The van der Waals surface area contributed by atoms with E-state index >= 15 is 0 Å². The van der Waals surface area contributed by atoms with E-state index in [1.165, 1.54) is 6.20 Å². The molecule has 1 atom stereocenters. The molecule has 0 aliphatic rings. The van der Waals surface area contributed by atoms with Crippen LogP contribution in [0.4, 0.5) is 0 Å². The molecule has 0 saturated carbocycles. The van der Waals surface area contributed by atoms with Gasteiger partial charge in [-0.3, -0.25) is 9.67 Å². The van der Waals surface area contributed by atoms with Crippen LogP contribution in [0.15, 0.2) is 24.5 Å². The Morgan fingerprint density at radius 2 is 2.18 bits per heavy atom. The van der Waals surface area contributed by atoms with Crippen molar-refractivity contribution in [1.82, 2.24) is 14.8 Å². The van der Waals surface area contributed by atoms with Gasteiger partial charge in [-0.2, -0.15) is 5.10 Å². The molecule has 0 aromatic carbocycles. The number of aryl methyl sites for hydroxylation is 1. The molecule has 6 heteroatoms. The fourth-order valence-electron chi connectivity index (χ4n) is 1.62. The van der Waals surface area contributed by atoms with Gasteiger partial charge in [-0.15, -0.1) is 0 Å². The normalized spacial score (nSPS) is 12.7. The fraction of sp³-hybridized carbons (Fsp3) is 0.273. The Labute approximate surface area is 109 Å². The third kappa shape index (κ3) is 2.29. The van der Waals surface area contributed by atoms with Gasteiger partial charge in [0.25, 0.3) is 0 Å². The second kappa shape index (κ2) is 5.04. The summed E-state index contributed by atoms with van der Waals surface area (Å²) in [4.78, 5) is 4.07. The zero-order valence-electron chi connectivity index (χ0n) is 9.14. The highest BCUT2D eigenvalue weighted by Gasteiger charge is 2.22. The van der Waals surface area contributed by atoms with Crippen LogP contribution in [0.25, 0.3) is 0 Å². The Balaban J connectivity index is 2.47. The summed E-state index contributed by atoms with van der Waals surface area (Å²) in [5.41, 5.74) is 0.890. The van der Waals surface area contributed by atoms with Gasteiger partial charge in [0.15, 0.2) is 0 Å². The molecule has 1 unspecified atom stereocenters. The first-order valence-corrected chi connectivity index (χ1v) is 5.90. The molecule has 1 N–H and O–H groups in total. The molecule has 0 spiro atoms. The van der Waals surface area contributed by atoms with Gasteiger partial charge in [0.2, 0.25) is 0 Å². The number of aliphatic hydroxyl groups excluding tert-OH is 1. The predicted octanol–water partition coefficient (Wildman–Crippen LogP) is 2.69. The highest BCUT2D eigenvalue weighted by molar-refractivity contribution is 6.32. The Bertz CT molecular complexity index is 527. The molecule has 2 aromatic rings. The lowest BCUT2D eigenvalue weighted by molar-refractivity contribution is 0.203. The maximum atomic E-state index is 10.3.